The molecule has 0 fully saturated rings. The Labute approximate surface area is 131 Å². The van der Waals surface area contributed by atoms with E-state index in [0.29, 0.717) is 17.5 Å². The fourth-order valence-electron chi connectivity index (χ4n) is 2.39. The number of rotatable bonds is 2. The van der Waals surface area contributed by atoms with Crippen molar-refractivity contribution < 1.29 is 0 Å². The predicted octanol–water partition coefficient (Wildman–Crippen LogP) is 3.98. The number of halogens is 2. The SMILES string of the molecule is NC1=NCC(c2ccccc2Br)N1c1ccc(Cl)cc1. The predicted molar refractivity (Wildman–Crippen MR) is 87.3 cm³/mol. The molecule has 0 spiro atoms. The third-order valence-corrected chi connectivity index (χ3v) is 4.33. The second-order valence-electron chi connectivity index (χ2n) is 4.58. The van der Waals surface area contributed by atoms with Crippen LogP contribution in [0.2, 0.25) is 5.02 Å². The fraction of sp³-hybridized carbons (Fsp3) is 0.133. The van der Waals surface area contributed by atoms with Gasteiger partial charge in [-0.05, 0) is 35.9 Å². The summed E-state index contributed by atoms with van der Waals surface area (Å²) in [7, 11) is 0. The van der Waals surface area contributed by atoms with Gasteiger partial charge in [0.1, 0.15) is 0 Å². The lowest BCUT2D eigenvalue weighted by atomic mass is 10.1. The molecule has 1 atom stereocenters. The van der Waals surface area contributed by atoms with E-state index in [-0.39, 0.29) is 6.04 Å². The molecule has 3 nitrogen and oxygen atoms in total. The van der Waals surface area contributed by atoms with Gasteiger partial charge in [0.25, 0.3) is 0 Å². The molecule has 0 radical (unpaired) electrons. The van der Waals surface area contributed by atoms with E-state index < -0.39 is 0 Å². The molecule has 2 aromatic rings. The van der Waals surface area contributed by atoms with Crippen LogP contribution in [0.1, 0.15) is 11.6 Å². The molecule has 3 rings (SSSR count). The molecule has 102 valence electrons. The van der Waals surface area contributed by atoms with E-state index in [4.69, 9.17) is 17.3 Å². The molecule has 20 heavy (non-hydrogen) atoms. The lowest BCUT2D eigenvalue weighted by Gasteiger charge is -2.27. The van der Waals surface area contributed by atoms with Gasteiger partial charge < -0.3 is 10.6 Å². The van der Waals surface area contributed by atoms with Gasteiger partial charge in [0, 0.05) is 15.2 Å². The second-order valence-corrected chi connectivity index (χ2v) is 5.87. The topological polar surface area (TPSA) is 41.6 Å². The van der Waals surface area contributed by atoms with Gasteiger partial charge in [0.2, 0.25) is 0 Å². The van der Waals surface area contributed by atoms with Crippen LogP contribution in [0.3, 0.4) is 0 Å². The molecule has 2 N–H and O–H groups in total. The third kappa shape index (κ3) is 2.41. The molecule has 5 heteroatoms. The Kier molecular flexibility index (Phi) is 3.68. The van der Waals surface area contributed by atoms with Crippen molar-refractivity contribution in [3.05, 3.63) is 63.6 Å². The maximum atomic E-state index is 6.05. The minimum absolute atomic E-state index is 0.103. The average Bonchev–Trinajstić information content (AvgIpc) is 2.82. The summed E-state index contributed by atoms with van der Waals surface area (Å²) in [6, 6.07) is 15.9. The van der Waals surface area contributed by atoms with Crippen LogP contribution in [0.15, 0.2) is 58.0 Å². The molecular weight excluding hydrogens is 338 g/mol. The van der Waals surface area contributed by atoms with E-state index in [2.05, 4.69) is 27.0 Å². The highest BCUT2D eigenvalue weighted by Crippen LogP contribution is 2.34. The van der Waals surface area contributed by atoms with Crippen molar-refractivity contribution in [1.82, 2.24) is 0 Å². The number of nitrogens with zero attached hydrogens (tertiary/aromatic N) is 2. The lowest BCUT2D eigenvalue weighted by molar-refractivity contribution is 0.765. The Hall–Kier alpha value is -1.52. The van der Waals surface area contributed by atoms with E-state index in [9.17, 15) is 0 Å². The molecule has 0 saturated carbocycles. The van der Waals surface area contributed by atoms with Crippen molar-refractivity contribution in [2.24, 2.45) is 10.7 Å². The van der Waals surface area contributed by atoms with Gasteiger partial charge >= 0.3 is 0 Å². The summed E-state index contributed by atoms with van der Waals surface area (Å²) in [6.45, 7) is 0.650. The van der Waals surface area contributed by atoms with Gasteiger partial charge in [0.05, 0.1) is 12.6 Å². The van der Waals surface area contributed by atoms with Crippen molar-refractivity contribution in [2.75, 3.05) is 11.4 Å². The van der Waals surface area contributed by atoms with E-state index >= 15 is 0 Å². The zero-order valence-electron chi connectivity index (χ0n) is 10.6. The highest BCUT2D eigenvalue weighted by Gasteiger charge is 2.29. The molecule has 1 unspecified atom stereocenters. The van der Waals surface area contributed by atoms with Crippen LogP contribution >= 0.6 is 27.5 Å². The Balaban J connectivity index is 2.01. The molecule has 2 aromatic carbocycles. The zero-order chi connectivity index (χ0) is 14.1. The number of hydrogen-bond donors (Lipinski definition) is 1. The van der Waals surface area contributed by atoms with E-state index in [0.717, 1.165) is 10.2 Å². The third-order valence-electron chi connectivity index (χ3n) is 3.35. The van der Waals surface area contributed by atoms with Crippen molar-refractivity contribution in [2.45, 2.75) is 6.04 Å². The normalized spacial score (nSPS) is 18.2. The number of aliphatic imine (C=N–C) groups is 1. The standard InChI is InChI=1S/C15H13BrClN3/c16-13-4-2-1-3-12(13)14-9-19-15(18)20(14)11-7-5-10(17)6-8-11/h1-8,14H,9H2,(H2,18,19). The minimum Gasteiger partial charge on any atom is -0.369 e. The Morgan fingerprint density at radius 2 is 1.85 bits per heavy atom. The van der Waals surface area contributed by atoms with E-state index in [1.54, 1.807) is 0 Å². The van der Waals surface area contributed by atoms with E-state index in [1.165, 1.54) is 5.56 Å². The summed E-state index contributed by atoms with van der Waals surface area (Å²) in [5, 5.41) is 0.709. The van der Waals surface area contributed by atoms with Crippen LogP contribution in [0, 0.1) is 0 Å². The number of hydrogen-bond acceptors (Lipinski definition) is 3. The number of nitrogens with two attached hydrogens (primary N) is 1. The van der Waals surface area contributed by atoms with Gasteiger partial charge in [-0.3, -0.25) is 4.99 Å². The Bertz CT molecular complexity index is 654. The lowest BCUT2D eigenvalue weighted by Crippen LogP contribution is -2.36. The summed E-state index contributed by atoms with van der Waals surface area (Å²) >= 11 is 9.54. The van der Waals surface area contributed by atoms with Crippen LogP contribution in [-0.4, -0.2) is 12.5 Å². The van der Waals surface area contributed by atoms with Gasteiger partial charge in [-0.1, -0.05) is 45.7 Å². The molecule has 0 aromatic heterocycles. The molecule has 1 aliphatic rings. The minimum atomic E-state index is 0.103. The maximum absolute atomic E-state index is 6.05. The van der Waals surface area contributed by atoms with Crippen LogP contribution in [0.25, 0.3) is 0 Å². The largest absolute Gasteiger partial charge is 0.369 e. The van der Waals surface area contributed by atoms with Crippen LogP contribution in [0.4, 0.5) is 5.69 Å². The summed E-state index contributed by atoms with van der Waals surface area (Å²) in [5.74, 6) is 0.535. The molecule has 0 saturated heterocycles. The van der Waals surface area contributed by atoms with Crippen molar-refractivity contribution >= 4 is 39.2 Å². The first-order chi connectivity index (χ1) is 9.66. The average molecular weight is 351 g/mol. The van der Waals surface area contributed by atoms with E-state index in [1.807, 2.05) is 47.4 Å². The highest BCUT2D eigenvalue weighted by molar-refractivity contribution is 9.10. The first kappa shape index (κ1) is 13.5. The monoisotopic (exact) mass is 349 g/mol. The number of anilines is 1. The first-order valence-electron chi connectivity index (χ1n) is 6.26. The van der Waals surface area contributed by atoms with Crippen LogP contribution < -0.4 is 10.6 Å². The van der Waals surface area contributed by atoms with Gasteiger partial charge in [-0.25, -0.2) is 0 Å². The molecule has 0 aliphatic carbocycles. The molecular formula is C15H13BrClN3. The molecule has 1 heterocycles. The van der Waals surface area contributed by atoms with Crippen molar-refractivity contribution in [3.63, 3.8) is 0 Å². The highest BCUT2D eigenvalue weighted by atomic mass is 79.9. The fourth-order valence-corrected chi connectivity index (χ4v) is 3.07. The van der Waals surface area contributed by atoms with Crippen molar-refractivity contribution in [1.29, 1.82) is 0 Å². The second kappa shape index (κ2) is 5.46. The Morgan fingerprint density at radius 3 is 2.55 bits per heavy atom. The number of guanidine groups is 1. The molecule has 0 bridgehead atoms. The smallest absolute Gasteiger partial charge is 0.196 e. The summed E-state index contributed by atoms with van der Waals surface area (Å²) in [4.78, 5) is 6.42. The van der Waals surface area contributed by atoms with Gasteiger partial charge in [-0.15, -0.1) is 0 Å². The Morgan fingerprint density at radius 1 is 1.15 bits per heavy atom. The van der Waals surface area contributed by atoms with Gasteiger partial charge in [0.15, 0.2) is 5.96 Å². The quantitative estimate of drug-likeness (QED) is 0.890. The van der Waals surface area contributed by atoms with Gasteiger partial charge in [-0.2, -0.15) is 0 Å². The van der Waals surface area contributed by atoms with Crippen molar-refractivity contribution in [3.8, 4) is 0 Å². The first-order valence-corrected chi connectivity index (χ1v) is 7.43. The maximum Gasteiger partial charge on any atom is 0.196 e. The summed E-state index contributed by atoms with van der Waals surface area (Å²) in [6.07, 6.45) is 0. The zero-order valence-corrected chi connectivity index (χ0v) is 13.0. The summed E-state index contributed by atoms with van der Waals surface area (Å²) in [5.41, 5.74) is 8.22. The molecule has 1 aliphatic heterocycles. The summed E-state index contributed by atoms with van der Waals surface area (Å²) < 4.78 is 1.06. The molecule has 0 amide bonds. The van der Waals surface area contributed by atoms with Crippen LogP contribution in [-0.2, 0) is 0 Å². The van der Waals surface area contributed by atoms with Crippen LogP contribution in [0.5, 0.6) is 0 Å². The number of benzene rings is 2.